The van der Waals surface area contributed by atoms with Crippen LogP contribution in [0.2, 0.25) is 0 Å². The van der Waals surface area contributed by atoms with E-state index in [1.807, 2.05) is 0 Å². The van der Waals surface area contributed by atoms with Crippen LogP contribution in [0.1, 0.15) is 93.7 Å². The summed E-state index contributed by atoms with van der Waals surface area (Å²) in [5.41, 5.74) is 4.55. The standard InChI is InChI=1S/C20H31Br/c1-13(2)17-10-11-18(19(12-17)14(3)4)20(21)16-8-6-15(5)7-9-16/h10-16,20H,6-9H2,1-5H3. The van der Waals surface area contributed by atoms with Crippen molar-refractivity contribution in [3.05, 3.63) is 34.9 Å². The average molecular weight is 351 g/mol. The lowest BCUT2D eigenvalue weighted by atomic mass is 9.78. The van der Waals surface area contributed by atoms with E-state index in [0.29, 0.717) is 16.7 Å². The average Bonchev–Trinajstić information content (AvgIpc) is 2.46. The van der Waals surface area contributed by atoms with Gasteiger partial charge in [-0.2, -0.15) is 0 Å². The molecule has 0 aromatic heterocycles. The molecule has 1 atom stereocenters. The molecule has 0 radical (unpaired) electrons. The minimum absolute atomic E-state index is 0.531. The third-order valence-corrected chi connectivity index (χ3v) is 6.41. The first-order valence-corrected chi connectivity index (χ1v) is 9.59. The summed E-state index contributed by atoms with van der Waals surface area (Å²) in [6.07, 6.45) is 5.54. The van der Waals surface area contributed by atoms with Crippen molar-refractivity contribution in [1.29, 1.82) is 0 Å². The molecule has 0 N–H and O–H groups in total. The lowest BCUT2D eigenvalue weighted by molar-refractivity contribution is 0.287. The fourth-order valence-corrected chi connectivity index (χ4v) is 4.48. The summed E-state index contributed by atoms with van der Waals surface area (Å²) < 4.78 is 0. The highest BCUT2D eigenvalue weighted by Gasteiger charge is 2.27. The van der Waals surface area contributed by atoms with Crippen molar-refractivity contribution in [2.45, 2.75) is 77.0 Å². The highest BCUT2D eigenvalue weighted by atomic mass is 79.9. The summed E-state index contributed by atoms with van der Waals surface area (Å²) >= 11 is 4.05. The van der Waals surface area contributed by atoms with Gasteiger partial charge in [0.25, 0.3) is 0 Å². The van der Waals surface area contributed by atoms with Gasteiger partial charge in [-0.3, -0.25) is 0 Å². The molecule has 118 valence electrons. The van der Waals surface area contributed by atoms with Crippen molar-refractivity contribution in [3.63, 3.8) is 0 Å². The molecular weight excluding hydrogens is 320 g/mol. The molecule has 0 heterocycles. The summed E-state index contributed by atoms with van der Waals surface area (Å²) in [6.45, 7) is 11.6. The summed E-state index contributed by atoms with van der Waals surface area (Å²) in [4.78, 5) is 0.531. The topological polar surface area (TPSA) is 0 Å². The third-order valence-electron chi connectivity index (χ3n) is 5.17. The molecule has 0 amide bonds. The summed E-state index contributed by atoms with van der Waals surface area (Å²) in [6, 6.07) is 7.18. The molecule has 1 aliphatic carbocycles. The third kappa shape index (κ3) is 4.12. The Morgan fingerprint density at radius 1 is 0.905 bits per heavy atom. The Labute approximate surface area is 139 Å². The van der Waals surface area contributed by atoms with Gasteiger partial charge < -0.3 is 0 Å². The first kappa shape index (κ1) is 17.1. The lowest BCUT2D eigenvalue weighted by Crippen LogP contribution is -2.17. The minimum Gasteiger partial charge on any atom is -0.0836 e. The Bertz CT molecular complexity index is 453. The van der Waals surface area contributed by atoms with Gasteiger partial charge in [0.15, 0.2) is 0 Å². The maximum Gasteiger partial charge on any atom is 0.0426 e. The van der Waals surface area contributed by atoms with Gasteiger partial charge in [-0.25, -0.2) is 0 Å². The molecule has 1 unspecified atom stereocenters. The fraction of sp³-hybridized carbons (Fsp3) is 0.700. The molecule has 0 saturated heterocycles. The number of rotatable bonds is 4. The molecule has 1 fully saturated rings. The smallest absolute Gasteiger partial charge is 0.0426 e. The zero-order valence-corrected chi connectivity index (χ0v) is 15.9. The van der Waals surface area contributed by atoms with Gasteiger partial charge in [-0.1, -0.05) is 81.6 Å². The Hall–Kier alpha value is -0.300. The number of alkyl halides is 1. The zero-order valence-electron chi connectivity index (χ0n) is 14.3. The van der Waals surface area contributed by atoms with Crippen LogP contribution in [0.5, 0.6) is 0 Å². The highest BCUT2D eigenvalue weighted by Crippen LogP contribution is 2.44. The minimum atomic E-state index is 0.531. The molecule has 21 heavy (non-hydrogen) atoms. The van der Waals surface area contributed by atoms with Crippen LogP contribution in [0.3, 0.4) is 0 Å². The van der Waals surface area contributed by atoms with Crippen LogP contribution < -0.4 is 0 Å². The number of hydrogen-bond donors (Lipinski definition) is 0. The van der Waals surface area contributed by atoms with Crippen LogP contribution in [-0.4, -0.2) is 0 Å². The SMILES string of the molecule is CC1CCC(C(Br)c2ccc(C(C)C)cc2C(C)C)CC1. The van der Waals surface area contributed by atoms with Crippen LogP contribution in [0.4, 0.5) is 0 Å². The molecule has 0 aliphatic heterocycles. The van der Waals surface area contributed by atoms with Crippen LogP contribution in [0.15, 0.2) is 18.2 Å². The van der Waals surface area contributed by atoms with Crippen LogP contribution in [0, 0.1) is 11.8 Å². The molecule has 1 aromatic rings. The second-order valence-corrected chi connectivity index (χ2v) is 8.61. The predicted octanol–water partition coefficient (Wildman–Crippen LogP) is 7.20. The van der Waals surface area contributed by atoms with E-state index in [1.54, 1.807) is 5.56 Å². The molecule has 1 aliphatic rings. The second-order valence-electron chi connectivity index (χ2n) is 7.62. The van der Waals surface area contributed by atoms with E-state index in [9.17, 15) is 0 Å². The molecule has 2 rings (SSSR count). The zero-order chi connectivity index (χ0) is 15.6. The van der Waals surface area contributed by atoms with E-state index in [2.05, 4.69) is 68.7 Å². The van der Waals surface area contributed by atoms with E-state index in [1.165, 1.54) is 36.8 Å². The summed E-state index contributed by atoms with van der Waals surface area (Å²) in [5, 5.41) is 0. The summed E-state index contributed by atoms with van der Waals surface area (Å²) in [7, 11) is 0. The van der Waals surface area contributed by atoms with Gasteiger partial charge in [0.05, 0.1) is 0 Å². The maximum atomic E-state index is 4.05. The first-order valence-electron chi connectivity index (χ1n) is 8.68. The van der Waals surface area contributed by atoms with Crippen molar-refractivity contribution in [1.82, 2.24) is 0 Å². The maximum absolute atomic E-state index is 4.05. The van der Waals surface area contributed by atoms with Gasteiger partial charge in [-0.05, 0) is 53.2 Å². The number of benzene rings is 1. The van der Waals surface area contributed by atoms with E-state index in [-0.39, 0.29) is 0 Å². The Balaban J connectivity index is 2.25. The normalized spacial score (nSPS) is 24.6. The molecular formula is C20H31Br. The van der Waals surface area contributed by atoms with E-state index < -0.39 is 0 Å². The number of hydrogen-bond acceptors (Lipinski definition) is 0. The molecule has 0 nitrogen and oxygen atoms in total. The van der Waals surface area contributed by atoms with Crippen LogP contribution in [-0.2, 0) is 0 Å². The van der Waals surface area contributed by atoms with Crippen molar-refractivity contribution in [2.75, 3.05) is 0 Å². The first-order chi connectivity index (χ1) is 9.90. The van der Waals surface area contributed by atoms with E-state index >= 15 is 0 Å². The quantitative estimate of drug-likeness (QED) is 0.503. The molecule has 1 aromatic carbocycles. The van der Waals surface area contributed by atoms with Crippen molar-refractivity contribution < 1.29 is 0 Å². The highest BCUT2D eigenvalue weighted by molar-refractivity contribution is 9.09. The van der Waals surface area contributed by atoms with Gasteiger partial charge in [0, 0.05) is 4.83 Å². The lowest BCUT2D eigenvalue weighted by Gasteiger charge is -2.31. The molecule has 1 saturated carbocycles. The van der Waals surface area contributed by atoms with Gasteiger partial charge >= 0.3 is 0 Å². The van der Waals surface area contributed by atoms with E-state index in [0.717, 1.165) is 11.8 Å². The molecule has 0 spiro atoms. The Kier molecular flexibility index (Phi) is 5.94. The van der Waals surface area contributed by atoms with Crippen LogP contribution >= 0.6 is 15.9 Å². The summed E-state index contributed by atoms with van der Waals surface area (Å²) in [5.74, 6) is 2.94. The largest absolute Gasteiger partial charge is 0.0836 e. The predicted molar refractivity (Wildman–Crippen MR) is 97.4 cm³/mol. The van der Waals surface area contributed by atoms with E-state index in [4.69, 9.17) is 0 Å². The number of halogens is 1. The Morgan fingerprint density at radius 3 is 2.05 bits per heavy atom. The van der Waals surface area contributed by atoms with Gasteiger partial charge in [0.1, 0.15) is 0 Å². The monoisotopic (exact) mass is 350 g/mol. The second kappa shape index (κ2) is 7.31. The Morgan fingerprint density at radius 2 is 1.52 bits per heavy atom. The molecule has 0 bridgehead atoms. The van der Waals surface area contributed by atoms with Crippen LogP contribution in [0.25, 0.3) is 0 Å². The van der Waals surface area contributed by atoms with Crippen molar-refractivity contribution >= 4 is 15.9 Å². The van der Waals surface area contributed by atoms with Gasteiger partial charge in [-0.15, -0.1) is 0 Å². The van der Waals surface area contributed by atoms with Crippen molar-refractivity contribution in [2.24, 2.45) is 11.8 Å². The fourth-order valence-electron chi connectivity index (χ4n) is 3.54. The van der Waals surface area contributed by atoms with Gasteiger partial charge in [0.2, 0.25) is 0 Å². The molecule has 1 heteroatoms. The van der Waals surface area contributed by atoms with Crippen molar-refractivity contribution in [3.8, 4) is 0 Å².